The van der Waals surface area contributed by atoms with Crippen LogP contribution in [0.25, 0.3) is 0 Å². The monoisotopic (exact) mass is 477 g/mol. The molecule has 0 aliphatic rings. The van der Waals surface area contributed by atoms with Crippen LogP contribution in [0.3, 0.4) is 0 Å². The Balaban J connectivity index is 0.000000809. The van der Waals surface area contributed by atoms with Crippen molar-refractivity contribution >= 4 is 8.03 Å². The maximum absolute atomic E-state index is 10.5. The molecule has 0 saturated carbocycles. The van der Waals surface area contributed by atoms with E-state index in [2.05, 4.69) is 47.8 Å². The lowest BCUT2D eigenvalue weighted by molar-refractivity contribution is -0.759. The molecule has 0 fully saturated rings. The Kier molecular flexibility index (Phi) is 17.7. The van der Waals surface area contributed by atoms with Gasteiger partial charge in [-0.15, -0.1) is 9.36 Å². The molecule has 1 atom stereocenters. The lowest BCUT2D eigenvalue weighted by Crippen LogP contribution is -2.42. The zero-order chi connectivity index (χ0) is 24.4. The highest BCUT2D eigenvalue weighted by Crippen LogP contribution is 2.27. The van der Waals surface area contributed by atoms with E-state index in [1.165, 1.54) is 58.2 Å². The van der Waals surface area contributed by atoms with Crippen LogP contribution in [0.5, 0.6) is 0 Å². The molecule has 0 bridgehead atoms. The molecule has 1 aromatic rings. The Morgan fingerprint density at radius 3 is 2.12 bits per heavy atom. The molecule has 0 aliphatic heterocycles. The summed E-state index contributed by atoms with van der Waals surface area (Å²) in [5.41, 5.74) is 3.53. The number of hydrogen-bond donors (Lipinski definition) is 2. The first-order chi connectivity index (χ1) is 15.3. The topological polar surface area (TPSA) is 90.5 Å². The van der Waals surface area contributed by atoms with Crippen LogP contribution >= 0.6 is 8.03 Å². The molecule has 0 aliphatic carbocycles. The van der Waals surface area contributed by atoms with Gasteiger partial charge in [-0.05, 0) is 41.9 Å². The zero-order valence-corrected chi connectivity index (χ0v) is 22.6. The van der Waals surface area contributed by atoms with E-state index < -0.39 is 14.0 Å². The number of ether oxygens (including phenoxy) is 2. The van der Waals surface area contributed by atoms with Crippen LogP contribution in [0.4, 0.5) is 0 Å². The van der Waals surface area contributed by atoms with Crippen molar-refractivity contribution in [2.45, 2.75) is 98.5 Å². The van der Waals surface area contributed by atoms with Crippen LogP contribution in [0.15, 0.2) is 0 Å². The van der Waals surface area contributed by atoms with Crippen LogP contribution in [-0.2, 0) is 37.9 Å². The Labute approximate surface area is 196 Å². The van der Waals surface area contributed by atoms with Crippen LogP contribution in [0.1, 0.15) is 84.8 Å². The van der Waals surface area contributed by atoms with E-state index in [1.807, 2.05) is 0 Å². The fourth-order valence-electron chi connectivity index (χ4n) is 2.94. The molecule has 1 unspecified atom stereocenters. The van der Waals surface area contributed by atoms with E-state index in [-0.39, 0.29) is 0 Å². The molecule has 1 rings (SSSR count). The van der Waals surface area contributed by atoms with Crippen LogP contribution in [0, 0.1) is 0 Å². The summed E-state index contributed by atoms with van der Waals surface area (Å²) >= 11 is 0. The number of nitrogens with one attached hydrogen (secondary N) is 2. The van der Waals surface area contributed by atoms with E-state index in [1.54, 1.807) is 6.92 Å². The molecule has 188 valence electrons. The van der Waals surface area contributed by atoms with Crippen molar-refractivity contribution in [3.63, 3.8) is 0 Å². The van der Waals surface area contributed by atoms with Gasteiger partial charge in [-0.2, -0.15) is 0 Å². The molecule has 9 nitrogen and oxygen atoms in total. The number of unbranched alkanes of at least 4 members (excludes halogenated alkanes) is 2. The first-order valence-corrected chi connectivity index (χ1v) is 13.6. The van der Waals surface area contributed by atoms with Crippen molar-refractivity contribution in [1.29, 1.82) is 0 Å². The van der Waals surface area contributed by atoms with E-state index >= 15 is 0 Å². The summed E-state index contributed by atoms with van der Waals surface area (Å²) in [7, 11) is 1.14. The van der Waals surface area contributed by atoms with Crippen molar-refractivity contribution in [3.8, 4) is 0 Å². The largest absolute Gasteiger partial charge is 0.510 e. The summed E-state index contributed by atoms with van der Waals surface area (Å²) < 4.78 is 29.3. The van der Waals surface area contributed by atoms with Gasteiger partial charge in [-0.1, -0.05) is 45.1 Å². The fraction of sp³-hybridized carbons (Fsp3) is 0.909. The standard InChI is InChI=1S/C17H36N5.C5H12O4P/c1-5-9-13-18-15-19-22-16(11-7-3)20-21(14-10-6-2)17(22)12-8-4;1-5(7-2,8-3)9-10(4)6/h18-19H,5-15H2,1-4H3;1-4H3/q2*+1. The number of nitrogens with zero attached hydrogens (tertiary/aromatic N) is 3. The highest BCUT2D eigenvalue weighted by molar-refractivity contribution is 7.38. The van der Waals surface area contributed by atoms with Crippen molar-refractivity contribution in [3.05, 3.63) is 11.6 Å². The normalized spacial score (nSPS) is 11.8. The molecule has 0 aromatic carbocycles. The van der Waals surface area contributed by atoms with E-state index in [0.29, 0.717) is 0 Å². The Bertz CT molecular complexity index is 624. The zero-order valence-electron chi connectivity index (χ0n) is 21.7. The van der Waals surface area contributed by atoms with Crippen LogP contribution < -0.4 is 15.4 Å². The van der Waals surface area contributed by atoms with Gasteiger partial charge in [0.15, 0.2) is 6.66 Å². The highest BCUT2D eigenvalue weighted by atomic mass is 31.1. The SMILES string of the molecule is CCCCNCNn1c(CCC)n[n+](CCCC)c1CCC.COC(C)(OC)O[P+](C)=O. The molecule has 10 heteroatoms. The quantitative estimate of drug-likeness (QED) is 0.151. The second-order valence-corrected chi connectivity index (χ2v) is 8.80. The third kappa shape index (κ3) is 12.2. The Morgan fingerprint density at radius 1 is 1.03 bits per heavy atom. The van der Waals surface area contributed by atoms with Crippen LogP contribution in [-0.4, -0.2) is 49.8 Å². The summed E-state index contributed by atoms with van der Waals surface area (Å²) in [6.45, 7) is 14.8. The van der Waals surface area contributed by atoms with E-state index in [9.17, 15) is 4.57 Å². The van der Waals surface area contributed by atoms with Gasteiger partial charge in [0.25, 0.3) is 5.82 Å². The fourth-order valence-corrected chi connectivity index (χ4v) is 3.56. The molecule has 0 amide bonds. The van der Waals surface area contributed by atoms with Gasteiger partial charge in [0.1, 0.15) is 13.2 Å². The van der Waals surface area contributed by atoms with Crippen molar-refractivity contribution in [2.75, 3.05) is 39.5 Å². The van der Waals surface area contributed by atoms with Crippen molar-refractivity contribution in [2.24, 2.45) is 0 Å². The van der Waals surface area contributed by atoms with Gasteiger partial charge in [-0.3, -0.25) is 5.32 Å². The van der Waals surface area contributed by atoms with Gasteiger partial charge in [-0.25, -0.2) is 5.43 Å². The Hall–Kier alpha value is -1.12. The van der Waals surface area contributed by atoms with Gasteiger partial charge in [0.05, 0.1) is 6.42 Å². The molecular formula is C22H48N5O4P+2. The number of aryl methyl sites for hydroxylation is 2. The van der Waals surface area contributed by atoms with Gasteiger partial charge < -0.3 is 9.47 Å². The maximum Gasteiger partial charge on any atom is 0.510 e. The summed E-state index contributed by atoms with van der Waals surface area (Å²) in [4.78, 5) is 0. The second kappa shape index (κ2) is 18.3. The molecule has 0 saturated heterocycles. The molecular weight excluding hydrogens is 429 g/mol. The molecule has 2 N–H and O–H groups in total. The van der Waals surface area contributed by atoms with Crippen molar-refractivity contribution in [1.82, 2.24) is 15.1 Å². The minimum Gasteiger partial charge on any atom is -0.328 e. The van der Waals surface area contributed by atoms with Gasteiger partial charge in [0, 0.05) is 27.6 Å². The molecule has 0 spiro atoms. The number of aromatic nitrogens is 3. The first-order valence-electron chi connectivity index (χ1n) is 12.0. The van der Waals surface area contributed by atoms with Crippen LogP contribution in [0.2, 0.25) is 0 Å². The molecule has 0 radical (unpaired) electrons. The van der Waals surface area contributed by atoms with Gasteiger partial charge >= 0.3 is 19.8 Å². The average Bonchev–Trinajstić information content (AvgIpc) is 3.08. The summed E-state index contributed by atoms with van der Waals surface area (Å²) in [6, 6.07) is 0. The lowest BCUT2D eigenvalue weighted by atomic mass is 10.3. The molecule has 32 heavy (non-hydrogen) atoms. The van der Waals surface area contributed by atoms with Crippen molar-refractivity contribution < 1.29 is 23.2 Å². The summed E-state index contributed by atoms with van der Waals surface area (Å²) in [5.74, 6) is 1.30. The number of methoxy groups -OCH3 is 2. The van der Waals surface area contributed by atoms with E-state index in [4.69, 9.17) is 19.1 Å². The predicted octanol–water partition coefficient (Wildman–Crippen LogP) is 4.11. The summed E-state index contributed by atoms with van der Waals surface area (Å²) in [6.07, 6.45) is 9.23. The number of hydrogen-bond acceptors (Lipinski definition) is 7. The third-order valence-corrected chi connectivity index (χ3v) is 5.41. The smallest absolute Gasteiger partial charge is 0.328 e. The average molecular weight is 478 g/mol. The first kappa shape index (κ1) is 30.9. The predicted molar refractivity (Wildman–Crippen MR) is 129 cm³/mol. The lowest BCUT2D eigenvalue weighted by Gasteiger charge is -2.18. The summed E-state index contributed by atoms with van der Waals surface area (Å²) in [5, 5.41) is 8.32. The maximum atomic E-state index is 10.5. The van der Waals surface area contributed by atoms with Gasteiger partial charge in [0.2, 0.25) is 0 Å². The minimum absolute atomic E-state index is 0.803. The minimum atomic E-state index is -1.70. The van der Waals surface area contributed by atoms with E-state index in [0.717, 1.165) is 45.4 Å². The third-order valence-electron chi connectivity index (χ3n) is 4.83. The molecule has 1 heterocycles. The Morgan fingerprint density at radius 2 is 1.66 bits per heavy atom. The number of rotatable bonds is 17. The highest BCUT2D eigenvalue weighted by Gasteiger charge is 2.33. The molecule has 1 aromatic heterocycles. The second-order valence-electron chi connectivity index (χ2n) is 7.73.